The molecular weight excluding hydrogens is 580 g/mol. The van der Waals surface area contributed by atoms with Crippen LogP contribution in [0.25, 0.3) is 21.9 Å². The Labute approximate surface area is 269 Å². The number of aryl methyl sites for hydroxylation is 2. The van der Waals surface area contributed by atoms with E-state index in [0.717, 1.165) is 46.6 Å². The van der Waals surface area contributed by atoms with Gasteiger partial charge in [0.15, 0.2) is 11.5 Å². The van der Waals surface area contributed by atoms with Gasteiger partial charge in [0.2, 0.25) is 5.69 Å². The molecule has 240 valence electrons. The minimum absolute atomic E-state index is 0.183. The van der Waals surface area contributed by atoms with Crippen molar-refractivity contribution in [3.05, 3.63) is 70.7 Å². The van der Waals surface area contributed by atoms with Crippen molar-refractivity contribution in [2.24, 2.45) is 23.7 Å². The lowest BCUT2D eigenvalue weighted by Gasteiger charge is -2.37. The van der Waals surface area contributed by atoms with Gasteiger partial charge in [0.1, 0.15) is 11.7 Å². The molecule has 10 nitrogen and oxygen atoms in total. The maximum Gasteiger partial charge on any atom is 0.331 e. The van der Waals surface area contributed by atoms with Gasteiger partial charge >= 0.3 is 11.9 Å². The molecule has 0 bridgehead atoms. The second-order valence-corrected chi connectivity index (χ2v) is 13.4. The Balaban J connectivity index is 1.34. The molecule has 0 amide bonds. The number of H-pyrrole nitrogens is 1. The monoisotopic (exact) mass is 622 g/mol. The third kappa shape index (κ3) is 6.06. The minimum atomic E-state index is -0.736. The van der Waals surface area contributed by atoms with E-state index in [1.54, 1.807) is 10.7 Å². The number of piperidine rings is 1. The largest absolute Gasteiger partial charge is 0.481 e. The standard InChI is InChI=1S/C36H42N6O4/c1-20-7-8-22(3)27(17-20)38-28-18-26(9-10-30(28)41-13-11-25(12-14-41)35(43)44)33-39-34-31(29(37-6)19-42(34)40-33)36(45)46-32-23(4)15-21(2)16-24(32)5/h7-10,17-19,21,23-25,32,38H,11-16H2,1-5H3,(H,39,40)(H,43,44). The lowest BCUT2D eigenvalue weighted by Crippen LogP contribution is -2.37. The van der Waals surface area contributed by atoms with E-state index in [1.807, 2.05) is 18.2 Å². The van der Waals surface area contributed by atoms with Crippen molar-refractivity contribution < 1.29 is 19.4 Å². The zero-order valence-corrected chi connectivity index (χ0v) is 27.1. The topological polar surface area (TPSA) is 116 Å². The van der Waals surface area contributed by atoms with Crippen LogP contribution in [0, 0.1) is 44.1 Å². The normalized spacial score (nSPS) is 22.0. The van der Waals surface area contributed by atoms with Crippen LogP contribution >= 0.6 is 0 Å². The van der Waals surface area contributed by atoms with Crippen LogP contribution in [0.4, 0.5) is 22.7 Å². The molecule has 10 heteroatoms. The maximum absolute atomic E-state index is 13.6. The smallest absolute Gasteiger partial charge is 0.331 e. The number of benzene rings is 2. The molecule has 0 radical (unpaired) electrons. The highest BCUT2D eigenvalue weighted by molar-refractivity contribution is 6.03. The van der Waals surface area contributed by atoms with Gasteiger partial charge in [-0.25, -0.2) is 14.6 Å². The molecule has 2 aliphatic rings. The number of ether oxygens (including phenoxy) is 1. The number of nitrogens with zero attached hydrogens (tertiary/aromatic N) is 4. The number of aromatic nitrogens is 3. The number of fused-ring (bicyclic) bond motifs is 1. The highest BCUT2D eigenvalue weighted by atomic mass is 16.5. The molecule has 2 atom stereocenters. The van der Waals surface area contributed by atoms with Crippen molar-refractivity contribution in [3.63, 3.8) is 0 Å². The minimum Gasteiger partial charge on any atom is -0.481 e. The number of hydrogen-bond donors (Lipinski definition) is 3. The molecule has 3 N–H and O–H groups in total. The van der Waals surface area contributed by atoms with Gasteiger partial charge in [-0.15, -0.1) is 0 Å². The van der Waals surface area contributed by atoms with Crippen molar-refractivity contribution >= 4 is 40.3 Å². The summed E-state index contributed by atoms with van der Waals surface area (Å²) in [5, 5.41) is 16.4. The van der Waals surface area contributed by atoms with Gasteiger partial charge in [0.05, 0.1) is 23.9 Å². The van der Waals surface area contributed by atoms with Crippen LogP contribution in [-0.2, 0) is 9.53 Å². The highest BCUT2D eigenvalue weighted by Crippen LogP contribution is 2.39. The van der Waals surface area contributed by atoms with Gasteiger partial charge < -0.3 is 20.1 Å². The number of nitrogens with one attached hydrogen (secondary N) is 2. The lowest BCUT2D eigenvalue weighted by molar-refractivity contribution is -0.142. The Hall–Kier alpha value is -4.78. The molecule has 2 aromatic heterocycles. The highest BCUT2D eigenvalue weighted by Gasteiger charge is 2.36. The quantitative estimate of drug-likeness (QED) is 0.142. The average Bonchev–Trinajstić information content (AvgIpc) is 3.59. The number of aromatic amines is 1. The van der Waals surface area contributed by atoms with Gasteiger partial charge in [-0.05, 0) is 92.7 Å². The summed E-state index contributed by atoms with van der Waals surface area (Å²) in [4.78, 5) is 35.9. The first-order chi connectivity index (χ1) is 22.0. The summed E-state index contributed by atoms with van der Waals surface area (Å²) in [6, 6.07) is 12.3. The van der Waals surface area contributed by atoms with Crippen molar-refractivity contribution in [3.8, 4) is 11.4 Å². The predicted octanol–water partition coefficient (Wildman–Crippen LogP) is 7.77. The van der Waals surface area contributed by atoms with E-state index in [-0.39, 0.29) is 35.1 Å². The average molecular weight is 623 g/mol. The summed E-state index contributed by atoms with van der Waals surface area (Å²) >= 11 is 0. The van der Waals surface area contributed by atoms with Crippen LogP contribution in [-0.4, -0.2) is 50.8 Å². The van der Waals surface area contributed by atoms with Crippen molar-refractivity contribution in [1.82, 2.24) is 14.6 Å². The number of carboxylic acid groups (broad SMARTS) is 1. The number of aliphatic carboxylic acids is 1. The van der Waals surface area contributed by atoms with E-state index in [9.17, 15) is 14.7 Å². The van der Waals surface area contributed by atoms with E-state index < -0.39 is 11.9 Å². The fraction of sp³-hybridized carbons (Fsp3) is 0.444. The van der Waals surface area contributed by atoms with Crippen LogP contribution in [0.2, 0.25) is 0 Å². The summed E-state index contributed by atoms with van der Waals surface area (Å²) in [5.74, 6) is 0.0425. The van der Waals surface area contributed by atoms with E-state index in [4.69, 9.17) is 16.3 Å². The first-order valence-corrected chi connectivity index (χ1v) is 16.2. The van der Waals surface area contributed by atoms with Crippen LogP contribution < -0.4 is 10.2 Å². The second-order valence-electron chi connectivity index (χ2n) is 13.4. The fourth-order valence-electron chi connectivity index (χ4n) is 7.38. The summed E-state index contributed by atoms with van der Waals surface area (Å²) < 4.78 is 7.71. The fourth-order valence-corrected chi connectivity index (χ4v) is 7.38. The molecule has 4 aromatic rings. The van der Waals surface area contributed by atoms with Crippen molar-refractivity contribution in [2.75, 3.05) is 23.3 Å². The summed E-state index contributed by atoms with van der Waals surface area (Å²) in [5.41, 5.74) is 6.62. The third-order valence-corrected chi connectivity index (χ3v) is 9.76. The lowest BCUT2D eigenvalue weighted by atomic mass is 9.75. The molecule has 3 heterocycles. The molecule has 1 aliphatic heterocycles. The number of carbonyl (C=O) groups excluding carboxylic acids is 1. The molecule has 1 saturated carbocycles. The second kappa shape index (κ2) is 12.5. The number of hydrogen-bond acceptors (Lipinski definition) is 6. The number of carbonyl (C=O) groups is 2. The maximum atomic E-state index is 13.6. The van der Waals surface area contributed by atoms with Gasteiger partial charge in [0.25, 0.3) is 0 Å². The van der Waals surface area contributed by atoms with Gasteiger partial charge in [-0.2, -0.15) is 0 Å². The summed E-state index contributed by atoms with van der Waals surface area (Å²) in [7, 11) is 0. The van der Waals surface area contributed by atoms with E-state index in [2.05, 4.69) is 73.0 Å². The van der Waals surface area contributed by atoms with E-state index in [0.29, 0.717) is 43.3 Å². The molecule has 2 unspecified atom stereocenters. The molecule has 46 heavy (non-hydrogen) atoms. The van der Waals surface area contributed by atoms with Crippen LogP contribution in [0.1, 0.15) is 67.9 Å². The zero-order valence-electron chi connectivity index (χ0n) is 27.1. The Kier molecular flexibility index (Phi) is 8.51. The third-order valence-electron chi connectivity index (χ3n) is 9.76. The van der Waals surface area contributed by atoms with Gasteiger partial charge in [-0.1, -0.05) is 32.9 Å². The Morgan fingerprint density at radius 1 is 1.04 bits per heavy atom. The van der Waals surface area contributed by atoms with Gasteiger partial charge in [-0.3, -0.25) is 14.4 Å². The Bertz CT molecular complexity index is 1810. The van der Waals surface area contributed by atoms with Crippen molar-refractivity contribution in [1.29, 1.82) is 0 Å². The van der Waals surface area contributed by atoms with Gasteiger partial charge in [0, 0.05) is 30.5 Å². The number of anilines is 3. The van der Waals surface area contributed by atoms with Crippen LogP contribution in [0.3, 0.4) is 0 Å². The SMILES string of the molecule is [C-]#[N+]c1cn2[nH]c(-c3ccc(N4CCC(C(=O)O)CC4)c(Nc4cc(C)ccc4C)c3)nc2c1C(=O)OC1C(C)CC(C)CC1C. The first-order valence-electron chi connectivity index (χ1n) is 16.2. The summed E-state index contributed by atoms with van der Waals surface area (Å²) in [6.07, 6.45) is 4.57. The van der Waals surface area contributed by atoms with E-state index >= 15 is 0 Å². The molecule has 2 aromatic carbocycles. The molecule has 6 rings (SSSR count). The zero-order chi connectivity index (χ0) is 32.7. The number of esters is 1. The molecule has 0 spiro atoms. The summed E-state index contributed by atoms with van der Waals surface area (Å²) in [6.45, 7) is 19.6. The molecule has 1 aliphatic carbocycles. The predicted molar refractivity (Wildman–Crippen MR) is 179 cm³/mol. The Morgan fingerprint density at radius 3 is 2.43 bits per heavy atom. The molecular formula is C36H42N6O4. The molecule has 1 saturated heterocycles. The molecule has 2 fully saturated rings. The van der Waals surface area contributed by atoms with Crippen LogP contribution in [0.5, 0.6) is 0 Å². The number of rotatable bonds is 7. The van der Waals surface area contributed by atoms with E-state index in [1.165, 1.54) is 0 Å². The first kappa shape index (κ1) is 31.2. The van der Waals surface area contributed by atoms with Crippen molar-refractivity contribution in [2.45, 2.75) is 66.4 Å². The Morgan fingerprint density at radius 2 is 1.76 bits per heavy atom. The number of carboxylic acids is 1. The van der Waals surface area contributed by atoms with Crippen LogP contribution in [0.15, 0.2) is 42.6 Å².